The average Bonchev–Trinajstić information content (AvgIpc) is 3.30. The van der Waals surface area contributed by atoms with Crippen LogP contribution in [0.5, 0.6) is 11.5 Å². The lowest BCUT2D eigenvalue weighted by atomic mass is 9.65. The van der Waals surface area contributed by atoms with Crippen LogP contribution >= 0.6 is 0 Å². The topological polar surface area (TPSA) is 40.5 Å². The monoisotopic (exact) mass is 502 g/mol. The van der Waals surface area contributed by atoms with Crippen LogP contribution in [0.3, 0.4) is 0 Å². The first kappa shape index (κ1) is 23.1. The molecule has 1 aliphatic rings. The lowest BCUT2D eigenvalue weighted by Gasteiger charge is -2.36. The van der Waals surface area contributed by atoms with Crippen LogP contribution in [0.4, 0.5) is 0 Å². The molecule has 0 bridgehead atoms. The molecule has 2 nitrogen and oxygen atoms in total. The summed E-state index contributed by atoms with van der Waals surface area (Å²) in [6.07, 6.45) is 0. The molecule has 0 radical (unpaired) electrons. The minimum atomic E-state index is -0.561. The summed E-state index contributed by atoms with van der Waals surface area (Å²) in [4.78, 5) is 0. The van der Waals surface area contributed by atoms with Crippen LogP contribution < -0.4 is 0 Å². The molecule has 1 aliphatic carbocycles. The van der Waals surface area contributed by atoms with Crippen LogP contribution in [-0.4, -0.2) is 10.2 Å². The zero-order valence-corrected chi connectivity index (χ0v) is 21.3. The Balaban J connectivity index is 1.70. The van der Waals surface area contributed by atoms with Crippen LogP contribution in [0.25, 0.3) is 33.4 Å². The van der Waals surface area contributed by atoms with Gasteiger partial charge in [-0.1, -0.05) is 121 Å². The molecule has 6 aromatic rings. The standard InChI is InChI=1S/C37H26O2/c38-29-19-15-25(16-20-29)31-23-24-33-32-13-7-8-14-34(32)37(27-9-3-1-4-10-27,28-11-5-2-6-12-28)36(33)35(31)26-17-21-30(39)22-18-26/h1-24,38-39H. The first-order valence-electron chi connectivity index (χ1n) is 13.1. The molecule has 0 aromatic heterocycles. The van der Waals surface area contributed by atoms with E-state index in [1.54, 1.807) is 24.3 Å². The van der Waals surface area contributed by atoms with Crippen molar-refractivity contribution < 1.29 is 10.2 Å². The smallest absolute Gasteiger partial charge is 0.115 e. The van der Waals surface area contributed by atoms with Gasteiger partial charge in [0.15, 0.2) is 0 Å². The van der Waals surface area contributed by atoms with E-state index in [4.69, 9.17) is 0 Å². The summed E-state index contributed by atoms with van der Waals surface area (Å²) in [5, 5.41) is 20.2. The third-order valence-corrected chi connectivity index (χ3v) is 7.95. The molecule has 186 valence electrons. The Labute approximate surface area is 228 Å². The molecule has 6 aromatic carbocycles. The van der Waals surface area contributed by atoms with E-state index in [0.29, 0.717) is 0 Å². The van der Waals surface area contributed by atoms with E-state index >= 15 is 0 Å². The number of aromatic hydroxyl groups is 2. The molecule has 0 atom stereocenters. The number of rotatable bonds is 4. The van der Waals surface area contributed by atoms with E-state index in [-0.39, 0.29) is 11.5 Å². The molecule has 0 unspecified atom stereocenters. The highest BCUT2D eigenvalue weighted by atomic mass is 16.3. The van der Waals surface area contributed by atoms with Gasteiger partial charge in [0.2, 0.25) is 0 Å². The maximum atomic E-state index is 10.2. The normalized spacial score (nSPS) is 13.0. The highest BCUT2D eigenvalue weighted by Crippen LogP contribution is 2.60. The van der Waals surface area contributed by atoms with E-state index < -0.39 is 5.41 Å². The SMILES string of the molecule is Oc1ccc(-c2ccc3c(c2-c2ccc(O)cc2)C(c2ccccc2)(c2ccccc2)c2ccccc2-3)cc1. The predicted octanol–water partition coefficient (Wildman–Crippen LogP) is 8.79. The highest BCUT2D eigenvalue weighted by Gasteiger charge is 2.48. The van der Waals surface area contributed by atoms with Crippen LogP contribution in [-0.2, 0) is 5.41 Å². The summed E-state index contributed by atoms with van der Waals surface area (Å²) in [6, 6.07) is 49.6. The maximum absolute atomic E-state index is 10.2. The molecule has 39 heavy (non-hydrogen) atoms. The Hall–Kier alpha value is -5.08. The van der Waals surface area contributed by atoms with Crippen molar-refractivity contribution in [2.45, 2.75) is 5.41 Å². The van der Waals surface area contributed by atoms with Gasteiger partial charge in [-0.05, 0) is 79.9 Å². The third-order valence-electron chi connectivity index (χ3n) is 7.95. The fourth-order valence-electron chi connectivity index (χ4n) is 6.35. The fourth-order valence-corrected chi connectivity index (χ4v) is 6.35. The number of hydrogen-bond donors (Lipinski definition) is 2. The first-order valence-corrected chi connectivity index (χ1v) is 13.1. The van der Waals surface area contributed by atoms with E-state index in [9.17, 15) is 10.2 Å². The molecule has 0 spiro atoms. The zero-order chi connectivity index (χ0) is 26.4. The van der Waals surface area contributed by atoms with Crippen molar-refractivity contribution >= 4 is 0 Å². The lowest BCUT2D eigenvalue weighted by molar-refractivity contribution is 0.475. The second kappa shape index (κ2) is 9.04. The fraction of sp³-hybridized carbons (Fsp3) is 0.0270. The van der Waals surface area contributed by atoms with Gasteiger partial charge in [-0.15, -0.1) is 0 Å². The summed E-state index contributed by atoms with van der Waals surface area (Å²) >= 11 is 0. The van der Waals surface area contributed by atoms with E-state index in [0.717, 1.165) is 22.3 Å². The molecular weight excluding hydrogens is 476 g/mol. The summed E-state index contributed by atoms with van der Waals surface area (Å²) in [5.74, 6) is 0.472. The molecular formula is C37H26O2. The van der Waals surface area contributed by atoms with Gasteiger partial charge in [-0.2, -0.15) is 0 Å². The summed E-state index contributed by atoms with van der Waals surface area (Å²) in [7, 11) is 0. The maximum Gasteiger partial charge on any atom is 0.115 e. The Bertz CT molecular complexity index is 1750. The van der Waals surface area contributed by atoms with Crippen LogP contribution in [0.2, 0.25) is 0 Å². The van der Waals surface area contributed by atoms with Crippen molar-refractivity contribution in [2.75, 3.05) is 0 Å². The molecule has 0 amide bonds. The van der Waals surface area contributed by atoms with Crippen molar-refractivity contribution in [3.05, 3.63) is 168 Å². The van der Waals surface area contributed by atoms with E-state index in [1.807, 2.05) is 24.3 Å². The predicted molar refractivity (Wildman–Crippen MR) is 158 cm³/mol. The molecule has 0 fully saturated rings. The van der Waals surface area contributed by atoms with Crippen molar-refractivity contribution in [2.24, 2.45) is 0 Å². The molecule has 0 saturated carbocycles. The molecule has 0 saturated heterocycles. The molecule has 7 rings (SSSR count). The number of fused-ring (bicyclic) bond motifs is 3. The Kier molecular flexibility index (Phi) is 5.35. The number of hydrogen-bond acceptors (Lipinski definition) is 2. The van der Waals surface area contributed by atoms with Gasteiger partial charge in [-0.25, -0.2) is 0 Å². The second-order valence-electron chi connectivity index (χ2n) is 10.0. The number of phenolic OH excluding ortho intramolecular Hbond substituents is 2. The van der Waals surface area contributed by atoms with Crippen molar-refractivity contribution in [1.29, 1.82) is 0 Å². The Morgan fingerprint density at radius 1 is 0.385 bits per heavy atom. The van der Waals surface area contributed by atoms with E-state index in [2.05, 4.69) is 97.1 Å². The first-order chi connectivity index (χ1) is 19.2. The van der Waals surface area contributed by atoms with Gasteiger partial charge in [0, 0.05) is 0 Å². The van der Waals surface area contributed by atoms with Gasteiger partial charge in [0.05, 0.1) is 5.41 Å². The average molecular weight is 503 g/mol. The minimum Gasteiger partial charge on any atom is -0.508 e. The highest BCUT2D eigenvalue weighted by molar-refractivity contribution is 5.98. The lowest BCUT2D eigenvalue weighted by Crippen LogP contribution is -2.29. The third kappa shape index (κ3) is 3.49. The second-order valence-corrected chi connectivity index (χ2v) is 10.0. The number of benzene rings is 6. The summed E-state index contributed by atoms with van der Waals surface area (Å²) in [5.41, 5.74) is 11.0. The van der Waals surface area contributed by atoms with Gasteiger partial charge >= 0.3 is 0 Å². The van der Waals surface area contributed by atoms with Crippen molar-refractivity contribution in [3.8, 4) is 44.9 Å². The minimum absolute atomic E-state index is 0.234. The zero-order valence-electron chi connectivity index (χ0n) is 21.3. The van der Waals surface area contributed by atoms with E-state index in [1.165, 1.54) is 33.4 Å². The molecule has 2 N–H and O–H groups in total. The van der Waals surface area contributed by atoms with Crippen molar-refractivity contribution in [3.63, 3.8) is 0 Å². The summed E-state index contributed by atoms with van der Waals surface area (Å²) in [6.45, 7) is 0. The largest absolute Gasteiger partial charge is 0.508 e. The number of phenols is 2. The van der Waals surface area contributed by atoms with Gasteiger partial charge in [-0.3, -0.25) is 0 Å². The Morgan fingerprint density at radius 3 is 1.46 bits per heavy atom. The van der Waals surface area contributed by atoms with Crippen LogP contribution in [0.15, 0.2) is 146 Å². The molecule has 0 aliphatic heterocycles. The molecule has 0 heterocycles. The quantitative estimate of drug-likeness (QED) is 0.252. The van der Waals surface area contributed by atoms with Gasteiger partial charge in [0.1, 0.15) is 11.5 Å². The summed E-state index contributed by atoms with van der Waals surface area (Å²) < 4.78 is 0. The van der Waals surface area contributed by atoms with Crippen LogP contribution in [0, 0.1) is 0 Å². The molecule has 2 heteroatoms. The van der Waals surface area contributed by atoms with Gasteiger partial charge in [0.25, 0.3) is 0 Å². The Morgan fingerprint density at radius 2 is 0.872 bits per heavy atom. The van der Waals surface area contributed by atoms with Crippen molar-refractivity contribution in [1.82, 2.24) is 0 Å². The van der Waals surface area contributed by atoms with Gasteiger partial charge < -0.3 is 10.2 Å². The van der Waals surface area contributed by atoms with Crippen LogP contribution in [0.1, 0.15) is 22.3 Å².